The van der Waals surface area contributed by atoms with Gasteiger partial charge in [-0.05, 0) is 56.1 Å². The van der Waals surface area contributed by atoms with Gasteiger partial charge in [-0.1, -0.05) is 6.42 Å². The summed E-state index contributed by atoms with van der Waals surface area (Å²) in [6.45, 7) is 1.66. The van der Waals surface area contributed by atoms with Gasteiger partial charge in [-0.3, -0.25) is 9.59 Å². The van der Waals surface area contributed by atoms with Gasteiger partial charge in [0.1, 0.15) is 5.56 Å². The predicted octanol–water partition coefficient (Wildman–Crippen LogP) is 1.47. The quantitative estimate of drug-likeness (QED) is 0.805. The van der Waals surface area contributed by atoms with Gasteiger partial charge in [0.25, 0.3) is 11.5 Å². The monoisotopic (exact) mass is 318 g/mol. The van der Waals surface area contributed by atoms with Crippen LogP contribution in [0, 0.1) is 17.8 Å². The average Bonchev–Trinajstić information content (AvgIpc) is 3.16. The highest BCUT2D eigenvalue weighted by molar-refractivity contribution is 5.90. The normalized spacial score (nSPS) is 26.7. The maximum atomic E-state index is 12.0. The SMILES string of the molecule is C[C@@H](NC(=O)COC(=O)c1ccc[nH]c1=O)[C@H]1C[C@@H]2CC[C@H]1C2. The summed E-state index contributed by atoms with van der Waals surface area (Å²) < 4.78 is 4.93. The average molecular weight is 318 g/mol. The van der Waals surface area contributed by atoms with Crippen LogP contribution in [0.3, 0.4) is 0 Å². The summed E-state index contributed by atoms with van der Waals surface area (Å²) in [5, 5.41) is 2.93. The fourth-order valence-corrected chi connectivity index (χ4v) is 4.10. The molecule has 1 aromatic heterocycles. The lowest BCUT2D eigenvalue weighted by Gasteiger charge is -2.28. The van der Waals surface area contributed by atoms with Crippen LogP contribution in [0.1, 0.15) is 43.0 Å². The molecule has 2 fully saturated rings. The first-order valence-corrected chi connectivity index (χ1v) is 8.18. The predicted molar refractivity (Wildman–Crippen MR) is 83.9 cm³/mol. The molecule has 2 aliphatic carbocycles. The van der Waals surface area contributed by atoms with E-state index in [-0.39, 0.29) is 24.1 Å². The third-order valence-corrected chi connectivity index (χ3v) is 5.20. The smallest absolute Gasteiger partial charge is 0.344 e. The van der Waals surface area contributed by atoms with Crippen LogP contribution in [0.5, 0.6) is 0 Å². The number of pyridine rings is 1. The van der Waals surface area contributed by atoms with Crippen molar-refractivity contribution in [3.05, 3.63) is 34.2 Å². The standard InChI is InChI=1S/C17H22N2O4/c1-10(14-8-11-4-5-12(14)7-11)19-15(20)9-23-17(22)13-3-2-6-18-16(13)21/h2-3,6,10-12,14H,4-5,7-9H2,1H3,(H,18,21)(H,19,20)/t10-,11-,12+,14-/m1/s1. The van der Waals surface area contributed by atoms with Gasteiger partial charge >= 0.3 is 5.97 Å². The Bertz CT molecular complexity index is 654. The van der Waals surface area contributed by atoms with Gasteiger partial charge in [0.05, 0.1) is 0 Å². The molecule has 3 rings (SSSR count). The molecule has 0 spiro atoms. The molecule has 0 saturated heterocycles. The summed E-state index contributed by atoms with van der Waals surface area (Å²) in [4.78, 5) is 37.6. The van der Waals surface area contributed by atoms with Crippen LogP contribution in [-0.2, 0) is 9.53 Å². The van der Waals surface area contributed by atoms with E-state index >= 15 is 0 Å². The fourth-order valence-electron chi connectivity index (χ4n) is 4.10. The molecule has 2 aliphatic rings. The van der Waals surface area contributed by atoms with E-state index in [0.29, 0.717) is 5.92 Å². The Balaban J connectivity index is 1.47. The first-order chi connectivity index (χ1) is 11.0. The summed E-state index contributed by atoms with van der Waals surface area (Å²) in [6, 6.07) is 3.00. The molecule has 6 heteroatoms. The number of carbonyl (C=O) groups is 2. The molecule has 2 saturated carbocycles. The number of rotatable bonds is 5. The molecule has 6 nitrogen and oxygen atoms in total. The Morgan fingerprint density at radius 1 is 1.39 bits per heavy atom. The Morgan fingerprint density at radius 3 is 2.87 bits per heavy atom. The highest BCUT2D eigenvalue weighted by Gasteiger charge is 2.42. The van der Waals surface area contributed by atoms with Gasteiger partial charge in [0.15, 0.2) is 6.61 Å². The van der Waals surface area contributed by atoms with Crippen molar-refractivity contribution >= 4 is 11.9 Å². The minimum Gasteiger partial charge on any atom is -0.452 e. The van der Waals surface area contributed by atoms with Crippen molar-refractivity contribution in [2.24, 2.45) is 17.8 Å². The Morgan fingerprint density at radius 2 is 2.22 bits per heavy atom. The lowest BCUT2D eigenvalue weighted by molar-refractivity contribution is -0.125. The van der Waals surface area contributed by atoms with E-state index in [1.807, 2.05) is 6.92 Å². The van der Waals surface area contributed by atoms with E-state index in [0.717, 1.165) is 11.8 Å². The molecular weight excluding hydrogens is 296 g/mol. The van der Waals surface area contributed by atoms with E-state index in [9.17, 15) is 14.4 Å². The van der Waals surface area contributed by atoms with Crippen LogP contribution in [0.2, 0.25) is 0 Å². The molecule has 23 heavy (non-hydrogen) atoms. The topological polar surface area (TPSA) is 88.3 Å². The lowest BCUT2D eigenvalue weighted by Crippen LogP contribution is -2.42. The fraction of sp³-hybridized carbons (Fsp3) is 0.588. The van der Waals surface area contributed by atoms with Crippen molar-refractivity contribution in [2.75, 3.05) is 6.61 Å². The summed E-state index contributed by atoms with van der Waals surface area (Å²) in [6.07, 6.45) is 6.50. The van der Waals surface area contributed by atoms with Crippen molar-refractivity contribution in [3.8, 4) is 0 Å². The van der Waals surface area contributed by atoms with Crippen molar-refractivity contribution in [1.82, 2.24) is 10.3 Å². The number of nitrogens with one attached hydrogen (secondary N) is 2. The van der Waals surface area contributed by atoms with Gasteiger partial charge in [-0.15, -0.1) is 0 Å². The summed E-state index contributed by atoms with van der Waals surface area (Å²) >= 11 is 0. The second-order valence-electron chi connectivity index (χ2n) is 6.68. The Labute approximate surface area is 134 Å². The third kappa shape index (κ3) is 3.46. The number of esters is 1. The van der Waals surface area contributed by atoms with E-state index < -0.39 is 11.5 Å². The van der Waals surface area contributed by atoms with Crippen molar-refractivity contribution in [3.63, 3.8) is 0 Å². The molecule has 1 heterocycles. The van der Waals surface area contributed by atoms with Crippen LogP contribution in [0.4, 0.5) is 0 Å². The summed E-state index contributed by atoms with van der Waals surface area (Å²) in [5.74, 6) is 0.980. The number of hydrogen-bond donors (Lipinski definition) is 2. The number of ether oxygens (including phenoxy) is 1. The van der Waals surface area contributed by atoms with E-state index in [1.165, 1.54) is 44.0 Å². The second-order valence-corrected chi connectivity index (χ2v) is 6.68. The van der Waals surface area contributed by atoms with Crippen LogP contribution >= 0.6 is 0 Å². The van der Waals surface area contributed by atoms with Crippen LogP contribution in [0.15, 0.2) is 23.1 Å². The van der Waals surface area contributed by atoms with E-state index in [2.05, 4.69) is 10.3 Å². The van der Waals surface area contributed by atoms with Crippen molar-refractivity contribution < 1.29 is 14.3 Å². The van der Waals surface area contributed by atoms with E-state index in [4.69, 9.17) is 4.74 Å². The maximum Gasteiger partial charge on any atom is 0.344 e. The molecule has 0 radical (unpaired) electrons. The number of fused-ring (bicyclic) bond motifs is 2. The summed E-state index contributed by atoms with van der Waals surface area (Å²) in [7, 11) is 0. The molecule has 0 unspecified atom stereocenters. The van der Waals surface area contributed by atoms with Gasteiger partial charge in [0, 0.05) is 12.2 Å². The maximum absolute atomic E-state index is 12.0. The molecule has 1 aromatic rings. The van der Waals surface area contributed by atoms with Crippen LogP contribution in [0.25, 0.3) is 0 Å². The number of aromatic amines is 1. The zero-order valence-electron chi connectivity index (χ0n) is 13.2. The number of hydrogen-bond acceptors (Lipinski definition) is 4. The third-order valence-electron chi connectivity index (χ3n) is 5.20. The number of aromatic nitrogens is 1. The largest absolute Gasteiger partial charge is 0.452 e. The molecule has 2 N–H and O–H groups in total. The highest BCUT2D eigenvalue weighted by Crippen LogP contribution is 2.49. The summed E-state index contributed by atoms with van der Waals surface area (Å²) in [5.41, 5.74) is -0.616. The minimum atomic E-state index is -0.783. The second kappa shape index (κ2) is 6.56. The van der Waals surface area contributed by atoms with Gasteiger partial charge in [-0.2, -0.15) is 0 Å². The first kappa shape index (κ1) is 15.8. The molecule has 0 aromatic carbocycles. The van der Waals surface area contributed by atoms with Gasteiger partial charge < -0.3 is 15.0 Å². The first-order valence-electron chi connectivity index (χ1n) is 8.18. The molecule has 2 bridgehead atoms. The Hall–Kier alpha value is -2.11. The molecule has 124 valence electrons. The zero-order chi connectivity index (χ0) is 16.4. The van der Waals surface area contributed by atoms with Crippen molar-refractivity contribution in [2.45, 2.75) is 38.6 Å². The minimum absolute atomic E-state index is 0.0941. The molecule has 4 atom stereocenters. The van der Waals surface area contributed by atoms with Gasteiger partial charge in [-0.25, -0.2) is 4.79 Å². The van der Waals surface area contributed by atoms with Gasteiger partial charge in [0.2, 0.25) is 0 Å². The Kier molecular flexibility index (Phi) is 4.50. The van der Waals surface area contributed by atoms with Crippen molar-refractivity contribution in [1.29, 1.82) is 0 Å². The van der Waals surface area contributed by atoms with Crippen LogP contribution in [-0.4, -0.2) is 29.5 Å². The highest BCUT2D eigenvalue weighted by atomic mass is 16.5. The number of amides is 1. The van der Waals surface area contributed by atoms with Crippen LogP contribution < -0.4 is 10.9 Å². The van der Waals surface area contributed by atoms with E-state index in [1.54, 1.807) is 0 Å². The zero-order valence-corrected chi connectivity index (χ0v) is 13.2. The molecular formula is C17H22N2O4. The number of carbonyl (C=O) groups excluding carboxylic acids is 2. The lowest BCUT2D eigenvalue weighted by atomic mass is 9.84. The number of H-pyrrole nitrogens is 1. The molecule has 0 aliphatic heterocycles. The molecule has 1 amide bonds.